The highest BCUT2D eigenvalue weighted by atomic mass is 19.1. The third-order valence-electron chi connectivity index (χ3n) is 4.55. The minimum Gasteiger partial charge on any atom is -0.388 e. The zero-order valence-corrected chi connectivity index (χ0v) is 15.0. The number of urea groups is 1. The lowest BCUT2D eigenvalue weighted by Gasteiger charge is -2.38. The summed E-state index contributed by atoms with van der Waals surface area (Å²) in [5, 5.41) is 15.8. The first-order valence-corrected chi connectivity index (χ1v) is 8.66. The monoisotopic (exact) mass is 375 g/mol. The van der Waals surface area contributed by atoms with Gasteiger partial charge in [-0.3, -0.25) is 4.79 Å². The number of likely N-dealkylation sites (tertiary alicyclic amines) is 1. The molecule has 3 rings (SSSR count). The van der Waals surface area contributed by atoms with Gasteiger partial charge >= 0.3 is 6.03 Å². The van der Waals surface area contributed by atoms with Gasteiger partial charge in [0.15, 0.2) is 0 Å². The second-order valence-electron chi connectivity index (χ2n) is 6.75. The molecule has 144 valence electrons. The summed E-state index contributed by atoms with van der Waals surface area (Å²) in [5.74, 6) is -0.976. The van der Waals surface area contributed by atoms with Gasteiger partial charge in [0.2, 0.25) is 5.91 Å². The summed E-state index contributed by atoms with van der Waals surface area (Å²) in [6, 6.07) is 3.65. The van der Waals surface area contributed by atoms with E-state index in [9.17, 15) is 19.1 Å². The highest BCUT2D eigenvalue weighted by Gasteiger charge is 2.34. The number of aromatic nitrogens is 2. The van der Waals surface area contributed by atoms with E-state index in [4.69, 9.17) is 0 Å². The van der Waals surface area contributed by atoms with Crippen molar-refractivity contribution in [2.45, 2.75) is 31.9 Å². The molecule has 27 heavy (non-hydrogen) atoms. The van der Waals surface area contributed by atoms with Crippen LogP contribution in [0.2, 0.25) is 0 Å². The molecule has 0 spiro atoms. The van der Waals surface area contributed by atoms with Crippen molar-refractivity contribution in [2.75, 3.05) is 23.7 Å². The summed E-state index contributed by atoms with van der Waals surface area (Å²) >= 11 is 0. The summed E-state index contributed by atoms with van der Waals surface area (Å²) in [6.07, 6.45) is 5.98. The number of benzene rings is 1. The van der Waals surface area contributed by atoms with Crippen LogP contribution in [0.15, 0.2) is 36.9 Å². The lowest BCUT2D eigenvalue weighted by Crippen LogP contribution is -2.49. The molecule has 1 aliphatic rings. The van der Waals surface area contributed by atoms with Crippen LogP contribution in [0, 0.1) is 5.82 Å². The molecule has 1 saturated heterocycles. The van der Waals surface area contributed by atoms with Gasteiger partial charge in [0.05, 0.1) is 24.2 Å². The van der Waals surface area contributed by atoms with E-state index in [2.05, 4.69) is 15.6 Å². The van der Waals surface area contributed by atoms with Crippen molar-refractivity contribution in [2.24, 2.45) is 0 Å². The van der Waals surface area contributed by atoms with E-state index in [-0.39, 0.29) is 11.7 Å². The van der Waals surface area contributed by atoms with E-state index in [1.165, 1.54) is 25.1 Å². The Hall–Kier alpha value is -2.94. The molecule has 1 fully saturated rings. The van der Waals surface area contributed by atoms with E-state index in [1.54, 1.807) is 23.6 Å². The number of halogens is 1. The van der Waals surface area contributed by atoms with E-state index < -0.39 is 17.3 Å². The standard InChI is InChI=1S/C18H22FN5O3/c1-13(25)21-16-10-14(2-3-15(16)19)22-17(26)24-7-4-18(27,5-8-24)11-23-9-6-20-12-23/h2-3,6,9-10,12,27H,4-5,7-8,11H2,1H3,(H,21,25)(H,22,26). The average Bonchev–Trinajstić information content (AvgIpc) is 3.10. The van der Waals surface area contributed by atoms with Crippen LogP contribution < -0.4 is 10.6 Å². The predicted molar refractivity (Wildman–Crippen MR) is 97.7 cm³/mol. The quantitative estimate of drug-likeness (QED) is 0.761. The molecule has 3 N–H and O–H groups in total. The number of carbonyl (C=O) groups is 2. The Kier molecular flexibility index (Phi) is 5.41. The SMILES string of the molecule is CC(=O)Nc1cc(NC(=O)N2CCC(O)(Cn3ccnc3)CC2)ccc1F. The van der Waals surface area contributed by atoms with Crippen LogP contribution in [-0.4, -0.2) is 50.2 Å². The van der Waals surface area contributed by atoms with Crippen molar-refractivity contribution in [3.8, 4) is 0 Å². The lowest BCUT2D eigenvalue weighted by atomic mass is 9.91. The number of imidazole rings is 1. The van der Waals surface area contributed by atoms with Gasteiger partial charge in [0, 0.05) is 38.1 Å². The molecule has 0 saturated carbocycles. The van der Waals surface area contributed by atoms with Gasteiger partial charge in [-0.2, -0.15) is 0 Å². The van der Waals surface area contributed by atoms with Gasteiger partial charge in [-0.05, 0) is 31.0 Å². The fourth-order valence-electron chi connectivity index (χ4n) is 3.10. The second-order valence-corrected chi connectivity index (χ2v) is 6.75. The maximum absolute atomic E-state index is 13.7. The van der Waals surface area contributed by atoms with Crippen LogP contribution in [0.4, 0.5) is 20.6 Å². The molecule has 9 heteroatoms. The maximum atomic E-state index is 13.7. The minimum atomic E-state index is -0.883. The number of anilines is 2. The Balaban J connectivity index is 1.57. The lowest BCUT2D eigenvalue weighted by molar-refractivity contribution is -0.114. The van der Waals surface area contributed by atoms with Crippen LogP contribution in [0.3, 0.4) is 0 Å². The molecular formula is C18H22FN5O3. The van der Waals surface area contributed by atoms with Crippen LogP contribution >= 0.6 is 0 Å². The van der Waals surface area contributed by atoms with E-state index in [1.807, 2.05) is 4.57 Å². The van der Waals surface area contributed by atoms with Crippen molar-refractivity contribution < 1.29 is 19.1 Å². The summed E-state index contributed by atoms with van der Waals surface area (Å²) in [7, 11) is 0. The van der Waals surface area contributed by atoms with E-state index in [0.717, 1.165) is 0 Å². The molecule has 0 atom stereocenters. The van der Waals surface area contributed by atoms with Crippen molar-refractivity contribution in [3.05, 3.63) is 42.7 Å². The molecule has 1 aromatic heterocycles. The van der Waals surface area contributed by atoms with Crippen LogP contribution in [0.5, 0.6) is 0 Å². The van der Waals surface area contributed by atoms with Gasteiger partial charge in [-0.25, -0.2) is 14.2 Å². The molecule has 0 radical (unpaired) electrons. The number of hydrogen-bond donors (Lipinski definition) is 3. The number of piperidine rings is 1. The molecule has 2 aromatic rings. The molecule has 0 unspecified atom stereocenters. The highest BCUT2D eigenvalue weighted by Crippen LogP contribution is 2.25. The van der Waals surface area contributed by atoms with Gasteiger partial charge in [0.25, 0.3) is 0 Å². The van der Waals surface area contributed by atoms with E-state index >= 15 is 0 Å². The topological polar surface area (TPSA) is 99.5 Å². The molecule has 0 aliphatic carbocycles. The number of hydrogen-bond acceptors (Lipinski definition) is 4. The largest absolute Gasteiger partial charge is 0.388 e. The number of amides is 3. The summed E-state index contributed by atoms with van der Waals surface area (Å²) in [6.45, 7) is 2.51. The Bertz CT molecular complexity index is 816. The normalized spacial score (nSPS) is 16.0. The van der Waals surface area contributed by atoms with Crippen molar-refractivity contribution in [1.29, 1.82) is 0 Å². The second kappa shape index (κ2) is 7.75. The molecular weight excluding hydrogens is 353 g/mol. The Labute approximate surface area is 156 Å². The molecule has 0 bridgehead atoms. The molecule has 8 nitrogen and oxygen atoms in total. The van der Waals surface area contributed by atoms with Crippen molar-refractivity contribution >= 4 is 23.3 Å². The minimum absolute atomic E-state index is 0.00801. The van der Waals surface area contributed by atoms with Crippen LogP contribution in [-0.2, 0) is 11.3 Å². The Morgan fingerprint density at radius 2 is 2.04 bits per heavy atom. The fourth-order valence-corrected chi connectivity index (χ4v) is 3.10. The van der Waals surface area contributed by atoms with Crippen LogP contribution in [0.1, 0.15) is 19.8 Å². The first-order valence-electron chi connectivity index (χ1n) is 8.66. The first-order chi connectivity index (χ1) is 12.8. The zero-order valence-electron chi connectivity index (χ0n) is 15.0. The number of carbonyl (C=O) groups excluding carboxylic acids is 2. The number of nitrogens with one attached hydrogen (secondary N) is 2. The summed E-state index contributed by atoms with van der Waals surface area (Å²) in [5.41, 5.74) is -0.496. The van der Waals surface area contributed by atoms with Gasteiger partial charge < -0.3 is 25.2 Å². The number of nitrogens with zero attached hydrogens (tertiary/aromatic N) is 3. The van der Waals surface area contributed by atoms with Gasteiger partial charge in [-0.1, -0.05) is 0 Å². The molecule has 2 heterocycles. The molecule has 3 amide bonds. The number of rotatable bonds is 4. The Morgan fingerprint density at radius 1 is 1.30 bits per heavy atom. The fraction of sp³-hybridized carbons (Fsp3) is 0.389. The third kappa shape index (κ3) is 4.82. The highest BCUT2D eigenvalue weighted by molar-refractivity contribution is 5.92. The van der Waals surface area contributed by atoms with Crippen molar-refractivity contribution in [3.63, 3.8) is 0 Å². The van der Waals surface area contributed by atoms with E-state index in [0.29, 0.717) is 38.2 Å². The first kappa shape index (κ1) is 18.8. The van der Waals surface area contributed by atoms with Crippen LogP contribution in [0.25, 0.3) is 0 Å². The van der Waals surface area contributed by atoms with Crippen molar-refractivity contribution in [1.82, 2.24) is 14.5 Å². The van der Waals surface area contributed by atoms with Gasteiger partial charge in [0.1, 0.15) is 5.82 Å². The maximum Gasteiger partial charge on any atom is 0.321 e. The third-order valence-corrected chi connectivity index (χ3v) is 4.55. The van der Waals surface area contributed by atoms with Gasteiger partial charge in [-0.15, -0.1) is 0 Å². The molecule has 1 aromatic carbocycles. The smallest absolute Gasteiger partial charge is 0.321 e. The average molecular weight is 375 g/mol. The summed E-state index contributed by atoms with van der Waals surface area (Å²) in [4.78, 5) is 29.1. The number of aliphatic hydroxyl groups is 1. The zero-order chi connectivity index (χ0) is 19.4. The predicted octanol–water partition coefficient (Wildman–Crippen LogP) is 2.04. The Morgan fingerprint density at radius 3 is 2.67 bits per heavy atom. The summed E-state index contributed by atoms with van der Waals surface area (Å²) < 4.78 is 15.5. The molecule has 1 aliphatic heterocycles.